The van der Waals surface area contributed by atoms with Crippen molar-refractivity contribution in [2.24, 2.45) is 5.92 Å². The third-order valence-electron chi connectivity index (χ3n) is 4.36. The summed E-state index contributed by atoms with van der Waals surface area (Å²) >= 11 is 8.01. The lowest BCUT2D eigenvalue weighted by Crippen LogP contribution is -2.43. The second kappa shape index (κ2) is 5.45. The SMILES string of the molecule is CC1CCN(C(=O)c2cc3c(s2)CCCC3)CC1Cl. The van der Waals surface area contributed by atoms with Gasteiger partial charge in [0.1, 0.15) is 0 Å². The maximum absolute atomic E-state index is 12.5. The number of hydrogen-bond donors (Lipinski definition) is 0. The highest BCUT2D eigenvalue weighted by molar-refractivity contribution is 7.14. The molecule has 2 nitrogen and oxygen atoms in total. The number of halogens is 1. The van der Waals surface area contributed by atoms with E-state index in [0.29, 0.717) is 12.5 Å². The minimum absolute atomic E-state index is 0.104. The Morgan fingerprint density at radius 2 is 2.21 bits per heavy atom. The number of carbonyl (C=O) groups is 1. The molecular formula is C15H20ClNOS. The zero-order valence-corrected chi connectivity index (χ0v) is 12.9. The standard InChI is InChI=1S/C15H20ClNOS/c1-10-6-7-17(9-12(10)16)15(18)14-8-11-4-2-3-5-13(11)19-14/h8,10,12H,2-7,9H2,1H3. The Hall–Kier alpha value is -0.540. The normalized spacial score (nSPS) is 27.2. The molecule has 1 amide bonds. The van der Waals surface area contributed by atoms with Gasteiger partial charge in [0.05, 0.1) is 10.3 Å². The van der Waals surface area contributed by atoms with Crippen LogP contribution in [0.2, 0.25) is 0 Å². The fraction of sp³-hybridized carbons (Fsp3) is 0.667. The lowest BCUT2D eigenvalue weighted by molar-refractivity contribution is 0.0706. The van der Waals surface area contributed by atoms with Crippen molar-refractivity contribution < 1.29 is 4.79 Å². The highest BCUT2D eigenvalue weighted by Crippen LogP contribution is 2.31. The molecule has 3 rings (SSSR count). The van der Waals surface area contributed by atoms with Gasteiger partial charge in [-0.15, -0.1) is 22.9 Å². The number of nitrogens with zero attached hydrogens (tertiary/aromatic N) is 1. The molecule has 1 aliphatic heterocycles. The molecule has 2 aliphatic rings. The summed E-state index contributed by atoms with van der Waals surface area (Å²) in [5.74, 6) is 0.708. The first-order valence-corrected chi connectivity index (χ1v) is 8.45. The summed E-state index contributed by atoms with van der Waals surface area (Å²) in [7, 11) is 0. The average Bonchev–Trinajstić information content (AvgIpc) is 2.85. The van der Waals surface area contributed by atoms with E-state index in [0.717, 1.165) is 30.7 Å². The van der Waals surface area contributed by atoms with E-state index in [1.165, 1.54) is 23.3 Å². The quantitative estimate of drug-likeness (QED) is 0.724. The van der Waals surface area contributed by atoms with Crippen molar-refractivity contribution in [3.05, 3.63) is 21.4 Å². The first-order chi connectivity index (χ1) is 9.15. The zero-order chi connectivity index (χ0) is 13.4. The average molecular weight is 298 g/mol. The van der Waals surface area contributed by atoms with Gasteiger partial charge in [-0.2, -0.15) is 0 Å². The summed E-state index contributed by atoms with van der Waals surface area (Å²) in [4.78, 5) is 16.8. The first kappa shape index (κ1) is 13.4. The number of alkyl halides is 1. The molecule has 0 saturated carbocycles. The van der Waals surface area contributed by atoms with Crippen LogP contribution in [0.4, 0.5) is 0 Å². The Morgan fingerprint density at radius 1 is 1.42 bits per heavy atom. The van der Waals surface area contributed by atoms with Crippen molar-refractivity contribution in [2.45, 2.75) is 44.4 Å². The van der Waals surface area contributed by atoms with Crippen LogP contribution in [0.25, 0.3) is 0 Å². The van der Waals surface area contributed by atoms with E-state index in [1.807, 2.05) is 4.90 Å². The van der Waals surface area contributed by atoms with E-state index in [9.17, 15) is 4.79 Å². The number of fused-ring (bicyclic) bond motifs is 1. The predicted octanol–water partition coefficient (Wildman–Crippen LogP) is 3.72. The molecule has 1 aromatic heterocycles. The van der Waals surface area contributed by atoms with Crippen LogP contribution in [0.3, 0.4) is 0 Å². The molecule has 2 unspecified atom stereocenters. The number of likely N-dealkylation sites (tertiary alicyclic amines) is 1. The summed E-state index contributed by atoms with van der Waals surface area (Å²) in [5.41, 5.74) is 1.41. The number of amides is 1. The maximum Gasteiger partial charge on any atom is 0.263 e. The Kier molecular flexibility index (Phi) is 3.86. The molecule has 1 aromatic rings. The summed E-state index contributed by atoms with van der Waals surface area (Å²) in [6.45, 7) is 3.72. The van der Waals surface area contributed by atoms with Gasteiger partial charge in [-0.3, -0.25) is 4.79 Å². The Balaban J connectivity index is 1.75. The molecule has 104 valence electrons. The molecule has 0 bridgehead atoms. The van der Waals surface area contributed by atoms with Crippen LogP contribution in [0, 0.1) is 5.92 Å². The molecule has 1 aliphatic carbocycles. The van der Waals surface area contributed by atoms with E-state index in [-0.39, 0.29) is 11.3 Å². The molecule has 4 heteroatoms. The number of thiophene rings is 1. The van der Waals surface area contributed by atoms with Gasteiger partial charge in [-0.05, 0) is 49.7 Å². The molecule has 0 radical (unpaired) electrons. The van der Waals surface area contributed by atoms with Gasteiger partial charge in [0.15, 0.2) is 0 Å². The molecule has 1 fully saturated rings. The van der Waals surface area contributed by atoms with Crippen molar-refractivity contribution in [1.29, 1.82) is 0 Å². The van der Waals surface area contributed by atoms with Gasteiger partial charge in [0, 0.05) is 18.0 Å². The van der Waals surface area contributed by atoms with Crippen molar-refractivity contribution >= 4 is 28.8 Å². The number of carbonyl (C=O) groups excluding carboxylic acids is 1. The van der Waals surface area contributed by atoms with Gasteiger partial charge in [0.2, 0.25) is 0 Å². The van der Waals surface area contributed by atoms with Crippen molar-refractivity contribution in [1.82, 2.24) is 4.90 Å². The monoisotopic (exact) mass is 297 g/mol. The molecule has 19 heavy (non-hydrogen) atoms. The summed E-state index contributed by atoms with van der Waals surface area (Å²) in [5, 5.41) is 0.104. The third kappa shape index (κ3) is 2.68. The summed E-state index contributed by atoms with van der Waals surface area (Å²) < 4.78 is 0. The lowest BCUT2D eigenvalue weighted by atomic mass is 9.98. The van der Waals surface area contributed by atoms with Crippen LogP contribution in [0.15, 0.2) is 6.07 Å². The zero-order valence-electron chi connectivity index (χ0n) is 11.3. The van der Waals surface area contributed by atoms with Gasteiger partial charge in [0.25, 0.3) is 5.91 Å². The van der Waals surface area contributed by atoms with E-state index >= 15 is 0 Å². The molecule has 2 atom stereocenters. The number of aryl methyl sites for hydroxylation is 2. The molecule has 0 spiro atoms. The van der Waals surface area contributed by atoms with Crippen molar-refractivity contribution in [3.63, 3.8) is 0 Å². The predicted molar refractivity (Wildman–Crippen MR) is 80.3 cm³/mol. The fourth-order valence-corrected chi connectivity index (χ4v) is 4.47. The van der Waals surface area contributed by atoms with E-state index in [1.54, 1.807) is 11.3 Å². The molecule has 0 N–H and O–H groups in total. The highest BCUT2D eigenvalue weighted by atomic mass is 35.5. The second-order valence-electron chi connectivity index (χ2n) is 5.80. The van der Waals surface area contributed by atoms with Crippen molar-refractivity contribution in [3.8, 4) is 0 Å². The third-order valence-corrected chi connectivity index (χ3v) is 6.15. The minimum atomic E-state index is 0.104. The highest BCUT2D eigenvalue weighted by Gasteiger charge is 2.29. The van der Waals surface area contributed by atoms with Crippen LogP contribution in [-0.2, 0) is 12.8 Å². The van der Waals surface area contributed by atoms with Crippen LogP contribution in [-0.4, -0.2) is 29.3 Å². The minimum Gasteiger partial charge on any atom is -0.336 e. The van der Waals surface area contributed by atoms with E-state index < -0.39 is 0 Å². The molecular weight excluding hydrogens is 278 g/mol. The van der Waals surface area contributed by atoms with E-state index in [4.69, 9.17) is 11.6 Å². The summed E-state index contributed by atoms with van der Waals surface area (Å²) in [6.07, 6.45) is 5.86. The number of hydrogen-bond acceptors (Lipinski definition) is 2. The lowest BCUT2D eigenvalue weighted by Gasteiger charge is -2.33. The smallest absolute Gasteiger partial charge is 0.263 e. The molecule has 2 heterocycles. The Labute approximate surface area is 123 Å². The van der Waals surface area contributed by atoms with E-state index in [2.05, 4.69) is 13.0 Å². The number of rotatable bonds is 1. The van der Waals surface area contributed by atoms with Crippen LogP contribution >= 0.6 is 22.9 Å². The first-order valence-electron chi connectivity index (χ1n) is 7.20. The second-order valence-corrected chi connectivity index (χ2v) is 7.50. The van der Waals surface area contributed by atoms with Crippen LogP contribution in [0.1, 0.15) is 46.3 Å². The topological polar surface area (TPSA) is 20.3 Å². The van der Waals surface area contributed by atoms with Gasteiger partial charge in [-0.1, -0.05) is 6.92 Å². The van der Waals surface area contributed by atoms with Gasteiger partial charge >= 0.3 is 0 Å². The Morgan fingerprint density at radius 3 is 2.95 bits per heavy atom. The number of piperidine rings is 1. The molecule has 1 saturated heterocycles. The summed E-state index contributed by atoms with van der Waals surface area (Å²) in [6, 6.07) is 2.13. The van der Waals surface area contributed by atoms with Crippen LogP contribution < -0.4 is 0 Å². The van der Waals surface area contributed by atoms with Crippen LogP contribution in [0.5, 0.6) is 0 Å². The van der Waals surface area contributed by atoms with Gasteiger partial charge in [-0.25, -0.2) is 0 Å². The largest absolute Gasteiger partial charge is 0.336 e. The maximum atomic E-state index is 12.5. The molecule has 0 aromatic carbocycles. The van der Waals surface area contributed by atoms with Gasteiger partial charge < -0.3 is 4.90 Å². The van der Waals surface area contributed by atoms with Crippen molar-refractivity contribution in [2.75, 3.05) is 13.1 Å². The Bertz CT molecular complexity index is 461. The fourth-order valence-electron chi connectivity index (χ4n) is 2.96.